The number of azide groups is 1. The molecule has 0 bridgehead atoms. The third kappa shape index (κ3) is 2.02. The van der Waals surface area contributed by atoms with Gasteiger partial charge in [-0.1, -0.05) is 23.3 Å². The van der Waals surface area contributed by atoms with E-state index >= 15 is 0 Å². The Kier molecular flexibility index (Phi) is 2.84. The Balaban J connectivity index is 2.34. The number of para-hydroxylation sites is 1. The number of aryl methyl sites for hydroxylation is 1. The molecule has 0 unspecified atom stereocenters. The zero-order valence-corrected chi connectivity index (χ0v) is 8.78. The molecule has 0 fully saturated rings. The number of aromatic nitrogens is 3. The summed E-state index contributed by atoms with van der Waals surface area (Å²) in [5, 5.41) is 12.0. The molecule has 0 aliphatic carbocycles. The molecule has 16 heavy (non-hydrogen) atoms. The van der Waals surface area contributed by atoms with Crippen LogP contribution in [0, 0.1) is 6.92 Å². The first-order valence-electron chi connectivity index (χ1n) is 4.80. The van der Waals surface area contributed by atoms with E-state index in [0.717, 1.165) is 11.4 Å². The highest BCUT2D eigenvalue weighted by Crippen LogP contribution is 2.08. The molecule has 0 atom stereocenters. The number of benzene rings is 1. The van der Waals surface area contributed by atoms with Crippen LogP contribution < -0.4 is 0 Å². The average molecular weight is 214 g/mol. The zero-order valence-electron chi connectivity index (χ0n) is 8.78. The molecule has 0 saturated carbocycles. The normalized spacial score (nSPS) is 9.81. The summed E-state index contributed by atoms with van der Waals surface area (Å²) in [7, 11) is 0. The molecule has 1 aromatic heterocycles. The molecule has 6 heteroatoms. The van der Waals surface area contributed by atoms with Gasteiger partial charge in [-0.15, -0.1) is 0 Å². The summed E-state index contributed by atoms with van der Waals surface area (Å²) < 4.78 is 0. The molecule has 2 rings (SSSR count). The minimum Gasteiger partial charge on any atom is -0.153 e. The maximum Gasteiger partial charge on any atom is 0.0918 e. The van der Waals surface area contributed by atoms with Gasteiger partial charge in [0.15, 0.2) is 0 Å². The van der Waals surface area contributed by atoms with Crippen LogP contribution in [0.3, 0.4) is 0 Å². The molecule has 1 heterocycles. The van der Waals surface area contributed by atoms with Crippen molar-refractivity contribution in [2.24, 2.45) is 5.11 Å². The highest BCUT2D eigenvalue weighted by atomic mass is 15.5. The van der Waals surface area contributed by atoms with E-state index in [4.69, 9.17) is 5.53 Å². The molecule has 0 N–H and O–H groups in total. The summed E-state index contributed by atoms with van der Waals surface area (Å²) in [5.74, 6) is 0. The quantitative estimate of drug-likeness (QED) is 0.446. The van der Waals surface area contributed by atoms with Gasteiger partial charge in [0.1, 0.15) is 0 Å². The molecule has 0 saturated heterocycles. The number of hydrogen-bond acceptors (Lipinski definition) is 3. The lowest BCUT2D eigenvalue weighted by Gasteiger charge is -1.96. The van der Waals surface area contributed by atoms with E-state index in [9.17, 15) is 0 Å². The number of rotatable bonds is 3. The summed E-state index contributed by atoms with van der Waals surface area (Å²) >= 11 is 0. The van der Waals surface area contributed by atoms with Crippen LogP contribution in [0.15, 0.2) is 35.4 Å². The van der Waals surface area contributed by atoms with Crippen LogP contribution in [-0.2, 0) is 6.54 Å². The lowest BCUT2D eigenvalue weighted by atomic mass is 10.3. The van der Waals surface area contributed by atoms with Crippen molar-refractivity contribution in [1.82, 2.24) is 15.0 Å². The smallest absolute Gasteiger partial charge is 0.0918 e. The van der Waals surface area contributed by atoms with Crippen LogP contribution in [0.2, 0.25) is 0 Å². The number of nitrogens with zero attached hydrogens (tertiary/aromatic N) is 6. The zero-order chi connectivity index (χ0) is 11.4. The Hall–Kier alpha value is -2.33. The summed E-state index contributed by atoms with van der Waals surface area (Å²) in [4.78, 5) is 4.24. The second kappa shape index (κ2) is 4.46. The van der Waals surface area contributed by atoms with Gasteiger partial charge in [-0.05, 0) is 24.6 Å². The van der Waals surface area contributed by atoms with Gasteiger partial charge in [0.25, 0.3) is 0 Å². The first kappa shape index (κ1) is 10.2. The molecule has 0 amide bonds. The van der Waals surface area contributed by atoms with Gasteiger partial charge in [0.2, 0.25) is 0 Å². The van der Waals surface area contributed by atoms with Gasteiger partial charge in [0.05, 0.1) is 23.6 Å². The van der Waals surface area contributed by atoms with Crippen molar-refractivity contribution in [1.29, 1.82) is 0 Å². The molecule has 0 spiro atoms. The van der Waals surface area contributed by atoms with Crippen molar-refractivity contribution in [3.63, 3.8) is 0 Å². The molecule has 1 aromatic carbocycles. The highest BCUT2D eigenvalue weighted by Gasteiger charge is 2.06. The Morgan fingerprint density at radius 2 is 2.06 bits per heavy atom. The molecular formula is C10H10N6. The van der Waals surface area contributed by atoms with Gasteiger partial charge < -0.3 is 0 Å². The van der Waals surface area contributed by atoms with Crippen LogP contribution in [0.5, 0.6) is 0 Å². The van der Waals surface area contributed by atoms with Crippen molar-refractivity contribution in [2.45, 2.75) is 13.5 Å². The molecule has 6 nitrogen and oxygen atoms in total. The summed E-state index contributed by atoms with van der Waals surface area (Å²) in [6, 6.07) is 9.59. The molecule has 80 valence electrons. The summed E-state index contributed by atoms with van der Waals surface area (Å²) in [5.41, 5.74) is 10.6. The third-order valence-corrected chi connectivity index (χ3v) is 2.15. The fourth-order valence-corrected chi connectivity index (χ4v) is 1.33. The maximum atomic E-state index is 8.25. The topological polar surface area (TPSA) is 79.5 Å². The van der Waals surface area contributed by atoms with Gasteiger partial charge in [-0.3, -0.25) is 0 Å². The van der Waals surface area contributed by atoms with Crippen molar-refractivity contribution >= 4 is 0 Å². The fraction of sp³-hybridized carbons (Fsp3) is 0.200. The second-order valence-corrected chi connectivity index (χ2v) is 3.25. The maximum absolute atomic E-state index is 8.25. The minimum absolute atomic E-state index is 0.231. The lowest BCUT2D eigenvalue weighted by molar-refractivity contribution is 0.734. The summed E-state index contributed by atoms with van der Waals surface area (Å²) in [6.07, 6.45) is 0. The van der Waals surface area contributed by atoms with Crippen LogP contribution in [0.25, 0.3) is 16.1 Å². The van der Waals surface area contributed by atoms with Crippen LogP contribution >= 0.6 is 0 Å². The predicted octanol–water partition coefficient (Wildman–Crippen LogP) is 2.39. The molecule has 2 aromatic rings. The van der Waals surface area contributed by atoms with E-state index < -0.39 is 0 Å². The largest absolute Gasteiger partial charge is 0.153 e. The van der Waals surface area contributed by atoms with E-state index in [2.05, 4.69) is 20.2 Å². The third-order valence-electron chi connectivity index (χ3n) is 2.15. The van der Waals surface area contributed by atoms with Gasteiger partial charge >= 0.3 is 0 Å². The summed E-state index contributed by atoms with van der Waals surface area (Å²) in [6.45, 7) is 2.07. The Labute approximate surface area is 92.1 Å². The monoisotopic (exact) mass is 214 g/mol. The van der Waals surface area contributed by atoms with Crippen LogP contribution in [0.1, 0.15) is 11.4 Å². The SMILES string of the molecule is Cc1nn(-c2ccccc2)nc1CN=[N+]=[N-]. The van der Waals surface area contributed by atoms with Gasteiger partial charge in [0, 0.05) is 4.91 Å². The second-order valence-electron chi connectivity index (χ2n) is 3.25. The van der Waals surface area contributed by atoms with E-state index in [1.807, 2.05) is 37.3 Å². The molecule has 0 radical (unpaired) electrons. The first-order valence-corrected chi connectivity index (χ1v) is 4.80. The van der Waals surface area contributed by atoms with Crippen molar-refractivity contribution in [2.75, 3.05) is 0 Å². The lowest BCUT2D eigenvalue weighted by Crippen LogP contribution is -1.98. The Morgan fingerprint density at radius 1 is 1.31 bits per heavy atom. The van der Waals surface area contributed by atoms with Crippen LogP contribution in [-0.4, -0.2) is 15.0 Å². The van der Waals surface area contributed by atoms with Gasteiger partial charge in [-0.25, -0.2) is 0 Å². The van der Waals surface area contributed by atoms with Crippen molar-refractivity contribution in [3.05, 3.63) is 52.2 Å². The standard InChI is InChI=1S/C10H10N6/c1-8-10(7-12-15-11)14-16(13-8)9-5-3-2-4-6-9/h2-6H,7H2,1H3. The molecule has 0 aliphatic rings. The van der Waals surface area contributed by atoms with Gasteiger partial charge in [-0.2, -0.15) is 15.0 Å². The Bertz CT molecular complexity index is 523. The van der Waals surface area contributed by atoms with E-state index in [1.54, 1.807) is 0 Å². The van der Waals surface area contributed by atoms with Crippen molar-refractivity contribution in [3.8, 4) is 5.69 Å². The molecule has 0 aliphatic heterocycles. The fourth-order valence-electron chi connectivity index (χ4n) is 1.33. The highest BCUT2D eigenvalue weighted by molar-refractivity contribution is 5.29. The average Bonchev–Trinajstić information content (AvgIpc) is 2.69. The number of hydrogen-bond donors (Lipinski definition) is 0. The van der Waals surface area contributed by atoms with E-state index in [1.165, 1.54) is 4.80 Å². The first-order chi connectivity index (χ1) is 7.81. The Morgan fingerprint density at radius 3 is 2.75 bits per heavy atom. The van der Waals surface area contributed by atoms with Crippen molar-refractivity contribution < 1.29 is 0 Å². The predicted molar refractivity (Wildman–Crippen MR) is 58.9 cm³/mol. The minimum atomic E-state index is 0.231. The van der Waals surface area contributed by atoms with E-state index in [-0.39, 0.29) is 6.54 Å². The van der Waals surface area contributed by atoms with Crippen LogP contribution in [0.4, 0.5) is 0 Å². The van der Waals surface area contributed by atoms with E-state index in [0.29, 0.717) is 5.69 Å². The molecular weight excluding hydrogens is 204 g/mol.